The minimum Gasteiger partial charge on any atom is -0.375 e. The molecule has 0 radical (unpaired) electrons. The van der Waals surface area contributed by atoms with Gasteiger partial charge in [-0.3, -0.25) is 9.89 Å². The molecule has 158 valence electrons. The van der Waals surface area contributed by atoms with E-state index in [1.807, 2.05) is 21.0 Å². The summed E-state index contributed by atoms with van der Waals surface area (Å²) in [6.45, 7) is 13.8. The van der Waals surface area contributed by atoms with Gasteiger partial charge in [0.25, 0.3) is 0 Å². The second-order valence-electron chi connectivity index (χ2n) is 7.16. The molecule has 0 spiro atoms. The number of thiazole rings is 1. The Balaban J connectivity index is 0.00000676. The summed E-state index contributed by atoms with van der Waals surface area (Å²) in [6, 6.07) is 1.15. The number of methoxy groups -OCH3 is 1. The average molecular weight is 512 g/mol. The molecule has 8 heteroatoms. The number of halogens is 1. The highest BCUT2D eigenvalue weighted by molar-refractivity contribution is 14.0. The summed E-state index contributed by atoms with van der Waals surface area (Å²) in [5, 5.41) is 6.57. The lowest BCUT2D eigenvalue weighted by atomic mass is 10.2. The molecular formula is C19H38IN5OS. The molecule has 1 N–H and O–H groups in total. The van der Waals surface area contributed by atoms with Crippen LogP contribution in [0.15, 0.2) is 10.4 Å². The summed E-state index contributed by atoms with van der Waals surface area (Å²) in [6.07, 6.45) is 1.14. The average Bonchev–Trinajstić information content (AvgIpc) is 3.04. The Morgan fingerprint density at radius 2 is 1.89 bits per heavy atom. The predicted octanol–water partition coefficient (Wildman–Crippen LogP) is 3.98. The standard InChI is InChI=1S/C19H37N5OS.HI/c1-14(2)24(15(3)4)11-9-10-21-19(20-6)23(7)12-17-13-26-18(22-17)16(5)25-8;/h13-16H,9-12H2,1-8H3,(H,20,21);1H. The quantitative estimate of drug-likeness (QED) is 0.223. The van der Waals surface area contributed by atoms with Crippen molar-refractivity contribution in [1.29, 1.82) is 0 Å². The molecule has 1 aromatic heterocycles. The van der Waals surface area contributed by atoms with Crippen molar-refractivity contribution in [2.45, 2.75) is 65.8 Å². The first kappa shape index (κ1) is 26.6. The van der Waals surface area contributed by atoms with Crippen LogP contribution in [0, 0.1) is 0 Å². The van der Waals surface area contributed by atoms with Crippen LogP contribution in [-0.2, 0) is 11.3 Å². The van der Waals surface area contributed by atoms with E-state index in [0.717, 1.165) is 42.7 Å². The molecule has 0 aliphatic rings. The number of hydrogen-bond donors (Lipinski definition) is 1. The third-order valence-electron chi connectivity index (χ3n) is 4.45. The minimum atomic E-state index is 0. The minimum absolute atomic E-state index is 0. The van der Waals surface area contributed by atoms with Gasteiger partial charge in [0.2, 0.25) is 0 Å². The first-order valence-electron chi connectivity index (χ1n) is 9.44. The van der Waals surface area contributed by atoms with Crippen molar-refractivity contribution in [2.75, 3.05) is 34.3 Å². The molecule has 1 heterocycles. The Bertz CT molecular complexity index is 542. The Kier molecular flexibility index (Phi) is 13.5. The van der Waals surface area contributed by atoms with E-state index in [2.05, 4.69) is 58.2 Å². The monoisotopic (exact) mass is 511 g/mol. The summed E-state index contributed by atoms with van der Waals surface area (Å²) in [4.78, 5) is 13.7. The van der Waals surface area contributed by atoms with E-state index in [0.29, 0.717) is 12.1 Å². The van der Waals surface area contributed by atoms with Crippen molar-refractivity contribution in [3.05, 3.63) is 16.1 Å². The van der Waals surface area contributed by atoms with Crippen LogP contribution in [-0.4, -0.2) is 67.1 Å². The largest absolute Gasteiger partial charge is 0.375 e. The topological polar surface area (TPSA) is 53.0 Å². The Hall–Kier alpha value is -0.450. The van der Waals surface area contributed by atoms with Crippen molar-refractivity contribution < 1.29 is 4.74 Å². The van der Waals surface area contributed by atoms with Crippen LogP contribution in [0.1, 0.15) is 57.8 Å². The molecule has 0 aliphatic heterocycles. The Labute approximate surface area is 186 Å². The van der Waals surface area contributed by atoms with E-state index in [9.17, 15) is 0 Å². The van der Waals surface area contributed by atoms with Gasteiger partial charge in [-0.2, -0.15) is 0 Å². The third-order valence-corrected chi connectivity index (χ3v) is 5.50. The van der Waals surface area contributed by atoms with Crippen molar-refractivity contribution in [3.63, 3.8) is 0 Å². The van der Waals surface area contributed by atoms with Crippen molar-refractivity contribution in [3.8, 4) is 0 Å². The predicted molar refractivity (Wildman–Crippen MR) is 127 cm³/mol. The third kappa shape index (κ3) is 9.06. The molecule has 0 saturated carbocycles. The van der Waals surface area contributed by atoms with Crippen LogP contribution in [0.25, 0.3) is 0 Å². The second kappa shape index (κ2) is 13.7. The molecule has 0 bridgehead atoms. The van der Waals surface area contributed by atoms with Crippen LogP contribution in [0.5, 0.6) is 0 Å². The van der Waals surface area contributed by atoms with Gasteiger partial charge in [-0.25, -0.2) is 4.98 Å². The van der Waals surface area contributed by atoms with Gasteiger partial charge in [0, 0.05) is 51.8 Å². The van der Waals surface area contributed by atoms with Gasteiger partial charge in [-0.05, 0) is 41.0 Å². The van der Waals surface area contributed by atoms with Crippen LogP contribution < -0.4 is 5.32 Å². The molecule has 0 saturated heterocycles. The lowest BCUT2D eigenvalue weighted by Gasteiger charge is -2.30. The Morgan fingerprint density at radius 3 is 2.41 bits per heavy atom. The van der Waals surface area contributed by atoms with Gasteiger partial charge in [-0.1, -0.05) is 0 Å². The van der Waals surface area contributed by atoms with Gasteiger partial charge in [-0.15, -0.1) is 35.3 Å². The molecule has 0 fully saturated rings. The summed E-state index contributed by atoms with van der Waals surface area (Å²) in [5.41, 5.74) is 1.05. The van der Waals surface area contributed by atoms with E-state index in [-0.39, 0.29) is 30.1 Å². The molecule has 1 atom stereocenters. The highest BCUT2D eigenvalue weighted by Gasteiger charge is 2.14. The van der Waals surface area contributed by atoms with E-state index in [1.54, 1.807) is 18.4 Å². The van der Waals surface area contributed by atoms with Crippen LogP contribution in [0.2, 0.25) is 0 Å². The smallest absolute Gasteiger partial charge is 0.193 e. The SMILES string of the molecule is CN=C(NCCCN(C(C)C)C(C)C)N(C)Cc1csc(C(C)OC)n1.I. The molecule has 1 aromatic rings. The van der Waals surface area contributed by atoms with Crippen molar-refractivity contribution in [1.82, 2.24) is 20.1 Å². The zero-order valence-electron chi connectivity index (χ0n) is 18.2. The number of aliphatic imine (C=N–C) groups is 1. The highest BCUT2D eigenvalue weighted by Crippen LogP contribution is 2.20. The summed E-state index contributed by atoms with van der Waals surface area (Å²) >= 11 is 1.64. The Morgan fingerprint density at radius 1 is 1.26 bits per heavy atom. The van der Waals surface area contributed by atoms with E-state index >= 15 is 0 Å². The molecule has 1 rings (SSSR count). The molecule has 6 nitrogen and oxygen atoms in total. The molecule has 0 amide bonds. The maximum absolute atomic E-state index is 5.34. The van der Waals surface area contributed by atoms with E-state index in [4.69, 9.17) is 4.74 Å². The lowest BCUT2D eigenvalue weighted by molar-refractivity contribution is 0.119. The number of guanidine groups is 1. The van der Waals surface area contributed by atoms with Gasteiger partial charge >= 0.3 is 0 Å². The number of aromatic nitrogens is 1. The number of ether oxygens (including phenoxy) is 1. The zero-order valence-corrected chi connectivity index (χ0v) is 21.3. The number of nitrogens with zero attached hydrogens (tertiary/aromatic N) is 4. The summed E-state index contributed by atoms with van der Waals surface area (Å²) in [7, 11) is 5.58. The fourth-order valence-electron chi connectivity index (χ4n) is 2.96. The molecular weight excluding hydrogens is 473 g/mol. The number of rotatable bonds is 10. The van der Waals surface area contributed by atoms with E-state index < -0.39 is 0 Å². The maximum atomic E-state index is 5.34. The second-order valence-corrected chi connectivity index (χ2v) is 8.05. The van der Waals surface area contributed by atoms with Gasteiger partial charge in [0.15, 0.2) is 5.96 Å². The maximum Gasteiger partial charge on any atom is 0.193 e. The van der Waals surface area contributed by atoms with Crippen molar-refractivity contribution in [2.24, 2.45) is 4.99 Å². The number of hydrogen-bond acceptors (Lipinski definition) is 5. The molecule has 1 unspecified atom stereocenters. The first-order valence-corrected chi connectivity index (χ1v) is 10.3. The van der Waals surface area contributed by atoms with Crippen LogP contribution in [0.3, 0.4) is 0 Å². The fourth-order valence-corrected chi connectivity index (χ4v) is 3.80. The van der Waals surface area contributed by atoms with Gasteiger partial charge in [0.05, 0.1) is 12.2 Å². The first-order chi connectivity index (χ1) is 12.3. The zero-order chi connectivity index (χ0) is 19.7. The molecule has 0 aliphatic carbocycles. The highest BCUT2D eigenvalue weighted by atomic mass is 127. The fraction of sp³-hybridized carbons (Fsp3) is 0.789. The normalized spacial score (nSPS) is 13.2. The molecule has 27 heavy (non-hydrogen) atoms. The van der Waals surface area contributed by atoms with Gasteiger partial charge in [0.1, 0.15) is 11.1 Å². The van der Waals surface area contributed by atoms with Crippen LogP contribution in [0.4, 0.5) is 0 Å². The van der Waals surface area contributed by atoms with Crippen molar-refractivity contribution >= 4 is 41.3 Å². The summed E-state index contributed by atoms with van der Waals surface area (Å²) < 4.78 is 5.34. The van der Waals surface area contributed by atoms with Gasteiger partial charge < -0.3 is 15.0 Å². The van der Waals surface area contributed by atoms with E-state index in [1.165, 1.54) is 0 Å². The summed E-state index contributed by atoms with van der Waals surface area (Å²) in [5.74, 6) is 0.903. The molecule has 0 aromatic carbocycles. The van der Waals surface area contributed by atoms with Crippen LogP contribution >= 0.6 is 35.3 Å². The number of nitrogens with one attached hydrogen (secondary N) is 1. The lowest BCUT2D eigenvalue weighted by Crippen LogP contribution is -2.41.